The summed E-state index contributed by atoms with van der Waals surface area (Å²) in [5.41, 5.74) is 0. The molecule has 0 saturated carbocycles. The van der Waals surface area contributed by atoms with Crippen LogP contribution in [0.5, 0.6) is 0 Å². The molecule has 5 heteroatoms. The van der Waals surface area contributed by atoms with Crippen molar-refractivity contribution < 1.29 is 24.8 Å². The molecule has 0 aromatic rings. The molecular formula is C9H18O5. The van der Waals surface area contributed by atoms with Crippen LogP contribution in [-0.4, -0.2) is 53.1 Å². The molecule has 1 aliphatic heterocycles. The molecule has 5 nitrogen and oxygen atoms in total. The van der Waals surface area contributed by atoms with Crippen molar-refractivity contribution >= 4 is 0 Å². The van der Waals surface area contributed by atoms with Crippen LogP contribution in [0.4, 0.5) is 0 Å². The van der Waals surface area contributed by atoms with E-state index >= 15 is 0 Å². The molecular weight excluding hydrogens is 188 g/mol. The summed E-state index contributed by atoms with van der Waals surface area (Å²) in [6, 6.07) is 0. The maximum Gasteiger partial charge on any atom is 0.186 e. The Bertz CT molecular complexity index is 173. The summed E-state index contributed by atoms with van der Waals surface area (Å²) in [5, 5.41) is 27.6. The molecule has 4 unspecified atom stereocenters. The first kappa shape index (κ1) is 11.9. The Labute approximate surface area is 83.3 Å². The van der Waals surface area contributed by atoms with Gasteiger partial charge in [0.1, 0.15) is 18.3 Å². The summed E-state index contributed by atoms with van der Waals surface area (Å²) >= 11 is 0. The molecule has 1 fully saturated rings. The summed E-state index contributed by atoms with van der Waals surface area (Å²) in [7, 11) is 0. The Morgan fingerprint density at radius 3 is 2.36 bits per heavy atom. The molecule has 3 N–H and O–H groups in total. The smallest absolute Gasteiger partial charge is 0.186 e. The highest BCUT2D eigenvalue weighted by Crippen LogP contribution is 2.22. The van der Waals surface area contributed by atoms with Gasteiger partial charge in [0.2, 0.25) is 0 Å². The minimum atomic E-state index is -1.08. The second-order valence-electron chi connectivity index (χ2n) is 3.93. The maximum absolute atomic E-state index is 9.46. The van der Waals surface area contributed by atoms with Crippen LogP contribution in [0.25, 0.3) is 0 Å². The van der Waals surface area contributed by atoms with E-state index < -0.39 is 24.6 Å². The quantitative estimate of drug-likeness (QED) is 0.555. The monoisotopic (exact) mass is 206 g/mol. The van der Waals surface area contributed by atoms with E-state index in [2.05, 4.69) is 0 Å². The molecule has 0 aromatic heterocycles. The van der Waals surface area contributed by atoms with Crippen molar-refractivity contribution in [2.24, 2.45) is 5.92 Å². The molecule has 1 rings (SSSR count). The SMILES string of the molecule is CC(C)COC1OC(CO)C(O)C1O. The highest BCUT2D eigenvalue weighted by molar-refractivity contribution is 4.86. The third-order valence-corrected chi connectivity index (χ3v) is 2.09. The van der Waals surface area contributed by atoms with Crippen molar-refractivity contribution in [2.75, 3.05) is 13.2 Å². The van der Waals surface area contributed by atoms with E-state index in [4.69, 9.17) is 14.6 Å². The van der Waals surface area contributed by atoms with Crippen LogP contribution in [0.3, 0.4) is 0 Å². The first-order valence-electron chi connectivity index (χ1n) is 4.80. The second-order valence-corrected chi connectivity index (χ2v) is 3.93. The van der Waals surface area contributed by atoms with E-state index in [-0.39, 0.29) is 6.61 Å². The largest absolute Gasteiger partial charge is 0.394 e. The molecule has 0 radical (unpaired) electrons. The van der Waals surface area contributed by atoms with Crippen LogP contribution in [0.2, 0.25) is 0 Å². The lowest BCUT2D eigenvalue weighted by atomic mass is 10.1. The number of aliphatic hydroxyl groups excluding tert-OH is 3. The van der Waals surface area contributed by atoms with Crippen molar-refractivity contribution in [1.82, 2.24) is 0 Å². The Balaban J connectivity index is 2.40. The maximum atomic E-state index is 9.46. The summed E-state index contributed by atoms with van der Waals surface area (Å²) in [6.07, 6.45) is -3.73. The van der Waals surface area contributed by atoms with E-state index in [1.165, 1.54) is 0 Å². The summed E-state index contributed by atoms with van der Waals surface area (Å²) in [5.74, 6) is 0.330. The van der Waals surface area contributed by atoms with Gasteiger partial charge in [-0.1, -0.05) is 13.8 Å². The first-order chi connectivity index (χ1) is 6.56. The lowest BCUT2D eigenvalue weighted by Gasteiger charge is -2.16. The summed E-state index contributed by atoms with van der Waals surface area (Å²) in [6.45, 7) is 4.08. The van der Waals surface area contributed by atoms with Crippen molar-refractivity contribution in [1.29, 1.82) is 0 Å². The number of rotatable bonds is 4. The minimum absolute atomic E-state index is 0.320. The lowest BCUT2D eigenvalue weighted by Crippen LogP contribution is -2.34. The third-order valence-electron chi connectivity index (χ3n) is 2.09. The third kappa shape index (κ3) is 2.65. The van der Waals surface area contributed by atoms with E-state index in [1.54, 1.807) is 0 Å². The van der Waals surface area contributed by atoms with Crippen molar-refractivity contribution in [3.05, 3.63) is 0 Å². The van der Waals surface area contributed by atoms with Crippen LogP contribution in [-0.2, 0) is 9.47 Å². The molecule has 0 bridgehead atoms. The number of hydrogen-bond donors (Lipinski definition) is 3. The van der Waals surface area contributed by atoms with Crippen molar-refractivity contribution in [2.45, 2.75) is 38.4 Å². The average molecular weight is 206 g/mol. The molecule has 1 heterocycles. The molecule has 0 spiro atoms. The predicted octanol–water partition coefficient (Wildman–Crippen LogP) is -0.902. The highest BCUT2D eigenvalue weighted by atomic mass is 16.7. The van der Waals surface area contributed by atoms with Crippen LogP contribution in [0.15, 0.2) is 0 Å². The lowest BCUT2D eigenvalue weighted by molar-refractivity contribution is -0.174. The van der Waals surface area contributed by atoms with Gasteiger partial charge < -0.3 is 24.8 Å². The Morgan fingerprint density at radius 2 is 1.93 bits per heavy atom. The van der Waals surface area contributed by atoms with Gasteiger partial charge in [0.25, 0.3) is 0 Å². The predicted molar refractivity (Wildman–Crippen MR) is 48.6 cm³/mol. The average Bonchev–Trinajstić information content (AvgIpc) is 2.41. The van der Waals surface area contributed by atoms with Gasteiger partial charge in [-0.2, -0.15) is 0 Å². The normalized spacial score (nSPS) is 38.1. The zero-order valence-electron chi connectivity index (χ0n) is 8.46. The van der Waals surface area contributed by atoms with Crippen LogP contribution in [0, 0.1) is 5.92 Å². The second kappa shape index (κ2) is 5.04. The van der Waals surface area contributed by atoms with Crippen LogP contribution in [0.1, 0.15) is 13.8 Å². The first-order valence-corrected chi connectivity index (χ1v) is 4.80. The minimum Gasteiger partial charge on any atom is -0.394 e. The summed E-state index contributed by atoms with van der Waals surface area (Å²) < 4.78 is 10.3. The fourth-order valence-electron chi connectivity index (χ4n) is 1.29. The van der Waals surface area contributed by atoms with E-state index in [1.807, 2.05) is 13.8 Å². The van der Waals surface area contributed by atoms with Gasteiger partial charge >= 0.3 is 0 Å². The van der Waals surface area contributed by atoms with Crippen LogP contribution < -0.4 is 0 Å². The zero-order valence-corrected chi connectivity index (χ0v) is 8.46. The molecule has 1 saturated heterocycles. The Hall–Kier alpha value is -0.200. The summed E-state index contributed by atoms with van der Waals surface area (Å²) in [4.78, 5) is 0. The Morgan fingerprint density at radius 1 is 1.29 bits per heavy atom. The topological polar surface area (TPSA) is 79.2 Å². The molecule has 0 aliphatic carbocycles. The molecule has 1 aliphatic rings. The van der Waals surface area contributed by atoms with Crippen molar-refractivity contribution in [3.63, 3.8) is 0 Å². The molecule has 0 aromatic carbocycles. The number of ether oxygens (including phenoxy) is 2. The number of aliphatic hydroxyl groups is 3. The number of hydrogen-bond acceptors (Lipinski definition) is 5. The fraction of sp³-hybridized carbons (Fsp3) is 1.00. The zero-order chi connectivity index (χ0) is 10.7. The van der Waals surface area contributed by atoms with Gasteiger partial charge in [0.05, 0.1) is 13.2 Å². The fourth-order valence-corrected chi connectivity index (χ4v) is 1.29. The molecule has 4 atom stereocenters. The van der Waals surface area contributed by atoms with Gasteiger partial charge in [-0.3, -0.25) is 0 Å². The van der Waals surface area contributed by atoms with E-state index in [0.717, 1.165) is 0 Å². The van der Waals surface area contributed by atoms with E-state index in [9.17, 15) is 10.2 Å². The van der Waals surface area contributed by atoms with Crippen LogP contribution >= 0.6 is 0 Å². The van der Waals surface area contributed by atoms with Gasteiger partial charge in [0, 0.05) is 0 Å². The van der Waals surface area contributed by atoms with Gasteiger partial charge in [-0.25, -0.2) is 0 Å². The standard InChI is InChI=1S/C9H18O5/c1-5(2)4-13-9-8(12)7(11)6(3-10)14-9/h5-12H,3-4H2,1-2H3. The molecule has 0 amide bonds. The van der Waals surface area contributed by atoms with Gasteiger partial charge in [0.15, 0.2) is 6.29 Å². The van der Waals surface area contributed by atoms with Crippen molar-refractivity contribution in [3.8, 4) is 0 Å². The van der Waals surface area contributed by atoms with E-state index in [0.29, 0.717) is 12.5 Å². The highest BCUT2D eigenvalue weighted by Gasteiger charge is 2.42. The molecule has 84 valence electrons. The molecule has 14 heavy (non-hydrogen) atoms. The Kier molecular flexibility index (Phi) is 4.28. The van der Waals surface area contributed by atoms with Gasteiger partial charge in [-0.15, -0.1) is 0 Å². The van der Waals surface area contributed by atoms with Gasteiger partial charge in [-0.05, 0) is 5.92 Å².